The molecular formula is C16H23FN2. The Morgan fingerprint density at radius 2 is 2.37 bits per heavy atom. The molecule has 0 spiro atoms. The van der Waals surface area contributed by atoms with Crippen LogP contribution in [0, 0.1) is 11.7 Å². The molecule has 2 nitrogen and oxygen atoms in total. The molecule has 1 aliphatic rings. The van der Waals surface area contributed by atoms with Crippen molar-refractivity contribution >= 4 is 5.69 Å². The van der Waals surface area contributed by atoms with Crippen LogP contribution in [0.25, 0.3) is 0 Å². The molecule has 1 fully saturated rings. The lowest BCUT2D eigenvalue weighted by Gasteiger charge is -2.33. The first-order chi connectivity index (χ1) is 9.20. The predicted molar refractivity (Wildman–Crippen MR) is 78.9 cm³/mol. The molecule has 0 amide bonds. The molecule has 104 valence electrons. The number of halogens is 1. The second-order valence-electron chi connectivity index (χ2n) is 5.40. The van der Waals surface area contributed by atoms with Crippen LogP contribution in [0.5, 0.6) is 0 Å². The standard InChI is InChI=1S/C16H23FN2/c1-3-8-18-11-14-6-7-15(17)16(10-14)19-9-4-5-13(2)12-19/h3,6-7,10,13,18H,1,4-5,8-9,11-12H2,2H3. The lowest BCUT2D eigenvalue weighted by atomic mass is 9.99. The number of piperidine rings is 1. The van der Waals surface area contributed by atoms with Crippen molar-refractivity contribution in [2.45, 2.75) is 26.3 Å². The second-order valence-corrected chi connectivity index (χ2v) is 5.40. The fourth-order valence-electron chi connectivity index (χ4n) is 2.64. The largest absolute Gasteiger partial charge is 0.369 e. The Balaban J connectivity index is 2.09. The van der Waals surface area contributed by atoms with E-state index in [1.54, 1.807) is 6.07 Å². The third kappa shape index (κ3) is 3.80. The minimum atomic E-state index is -0.110. The highest BCUT2D eigenvalue weighted by Gasteiger charge is 2.19. The van der Waals surface area contributed by atoms with E-state index in [-0.39, 0.29) is 5.82 Å². The molecule has 1 heterocycles. The number of nitrogens with zero attached hydrogens (tertiary/aromatic N) is 1. The van der Waals surface area contributed by atoms with E-state index in [9.17, 15) is 4.39 Å². The zero-order valence-corrected chi connectivity index (χ0v) is 11.7. The Kier molecular flexibility index (Phi) is 4.97. The molecule has 0 aliphatic carbocycles. The molecule has 1 aromatic carbocycles. The lowest BCUT2D eigenvalue weighted by molar-refractivity contribution is 0.442. The molecule has 0 aromatic heterocycles. The summed E-state index contributed by atoms with van der Waals surface area (Å²) in [4.78, 5) is 2.18. The molecule has 1 atom stereocenters. The molecule has 2 rings (SSSR count). The van der Waals surface area contributed by atoms with E-state index >= 15 is 0 Å². The van der Waals surface area contributed by atoms with Crippen molar-refractivity contribution in [3.63, 3.8) is 0 Å². The van der Waals surface area contributed by atoms with Gasteiger partial charge in [-0.1, -0.05) is 19.1 Å². The molecule has 1 aromatic rings. The van der Waals surface area contributed by atoms with Crippen LogP contribution >= 0.6 is 0 Å². The minimum Gasteiger partial charge on any atom is -0.369 e. The van der Waals surface area contributed by atoms with Gasteiger partial charge in [-0.25, -0.2) is 4.39 Å². The van der Waals surface area contributed by atoms with E-state index in [1.807, 2.05) is 18.2 Å². The van der Waals surface area contributed by atoms with Gasteiger partial charge in [0.25, 0.3) is 0 Å². The molecule has 0 saturated carbocycles. The third-order valence-electron chi connectivity index (χ3n) is 3.63. The zero-order chi connectivity index (χ0) is 13.7. The fraction of sp³-hybridized carbons (Fsp3) is 0.500. The lowest BCUT2D eigenvalue weighted by Crippen LogP contribution is -2.34. The van der Waals surface area contributed by atoms with Gasteiger partial charge in [0.1, 0.15) is 5.82 Å². The maximum Gasteiger partial charge on any atom is 0.146 e. The van der Waals surface area contributed by atoms with Gasteiger partial charge in [-0.05, 0) is 36.5 Å². The monoisotopic (exact) mass is 262 g/mol. The summed E-state index contributed by atoms with van der Waals surface area (Å²) in [6.07, 6.45) is 4.23. The number of anilines is 1. The van der Waals surface area contributed by atoms with Crippen molar-refractivity contribution in [1.82, 2.24) is 5.32 Å². The van der Waals surface area contributed by atoms with Crippen molar-refractivity contribution in [3.05, 3.63) is 42.2 Å². The van der Waals surface area contributed by atoms with E-state index in [0.29, 0.717) is 5.92 Å². The SMILES string of the molecule is C=CCNCc1ccc(F)c(N2CCCC(C)C2)c1. The number of hydrogen-bond acceptors (Lipinski definition) is 2. The summed E-state index contributed by atoms with van der Waals surface area (Å²) in [5.41, 5.74) is 1.88. The summed E-state index contributed by atoms with van der Waals surface area (Å²) in [5, 5.41) is 3.25. The van der Waals surface area contributed by atoms with Gasteiger partial charge in [-0.3, -0.25) is 0 Å². The Bertz CT molecular complexity index is 431. The minimum absolute atomic E-state index is 0.110. The van der Waals surface area contributed by atoms with Crippen molar-refractivity contribution in [2.75, 3.05) is 24.5 Å². The maximum absolute atomic E-state index is 14.0. The first-order valence-electron chi connectivity index (χ1n) is 7.05. The van der Waals surface area contributed by atoms with E-state index in [1.165, 1.54) is 6.42 Å². The van der Waals surface area contributed by atoms with Crippen molar-refractivity contribution in [2.24, 2.45) is 5.92 Å². The average molecular weight is 262 g/mol. The van der Waals surface area contributed by atoms with Gasteiger partial charge in [-0.2, -0.15) is 0 Å². The summed E-state index contributed by atoms with van der Waals surface area (Å²) in [7, 11) is 0. The summed E-state index contributed by atoms with van der Waals surface area (Å²) in [6.45, 7) is 9.36. The molecule has 0 bridgehead atoms. The van der Waals surface area contributed by atoms with Crippen LogP contribution in [0.4, 0.5) is 10.1 Å². The number of benzene rings is 1. The van der Waals surface area contributed by atoms with Gasteiger partial charge in [0.2, 0.25) is 0 Å². The quantitative estimate of drug-likeness (QED) is 0.647. The smallest absolute Gasteiger partial charge is 0.146 e. The molecule has 1 N–H and O–H groups in total. The molecule has 3 heteroatoms. The molecule has 1 aliphatic heterocycles. The van der Waals surface area contributed by atoms with Gasteiger partial charge < -0.3 is 10.2 Å². The topological polar surface area (TPSA) is 15.3 Å². The average Bonchev–Trinajstić information content (AvgIpc) is 2.41. The molecule has 0 radical (unpaired) electrons. The molecular weight excluding hydrogens is 239 g/mol. The van der Waals surface area contributed by atoms with Crippen LogP contribution in [0.1, 0.15) is 25.3 Å². The number of nitrogens with one attached hydrogen (secondary N) is 1. The first kappa shape index (κ1) is 14.1. The van der Waals surface area contributed by atoms with Gasteiger partial charge >= 0.3 is 0 Å². The second kappa shape index (κ2) is 6.71. The first-order valence-corrected chi connectivity index (χ1v) is 7.05. The summed E-state index contributed by atoms with van der Waals surface area (Å²) < 4.78 is 14.0. The highest BCUT2D eigenvalue weighted by atomic mass is 19.1. The maximum atomic E-state index is 14.0. The number of hydrogen-bond donors (Lipinski definition) is 1. The van der Waals surface area contributed by atoms with Crippen LogP contribution in [0.3, 0.4) is 0 Å². The van der Waals surface area contributed by atoms with E-state index in [2.05, 4.69) is 23.7 Å². The van der Waals surface area contributed by atoms with Crippen LogP contribution in [0.2, 0.25) is 0 Å². The molecule has 1 saturated heterocycles. The van der Waals surface area contributed by atoms with E-state index < -0.39 is 0 Å². The highest BCUT2D eigenvalue weighted by molar-refractivity contribution is 5.50. The zero-order valence-electron chi connectivity index (χ0n) is 11.7. The highest BCUT2D eigenvalue weighted by Crippen LogP contribution is 2.26. The van der Waals surface area contributed by atoms with Crippen LogP contribution in [0.15, 0.2) is 30.9 Å². The van der Waals surface area contributed by atoms with Crippen LogP contribution in [-0.2, 0) is 6.54 Å². The normalized spacial score (nSPS) is 19.5. The van der Waals surface area contributed by atoms with Gasteiger partial charge in [0.05, 0.1) is 5.69 Å². The van der Waals surface area contributed by atoms with E-state index in [4.69, 9.17) is 0 Å². The summed E-state index contributed by atoms with van der Waals surface area (Å²) in [5.74, 6) is 0.539. The van der Waals surface area contributed by atoms with Crippen molar-refractivity contribution in [1.29, 1.82) is 0 Å². The van der Waals surface area contributed by atoms with E-state index in [0.717, 1.165) is 43.9 Å². The van der Waals surface area contributed by atoms with Gasteiger partial charge in [0.15, 0.2) is 0 Å². The third-order valence-corrected chi connectivity index (χ3v) is 3.63. The van der Waals surface area contributed by atoms with Gasteiger partial charge in [0, 0.05) is 26.2 Å². The predicted octanol–water partition coefficient (Wildman–Crippen LogP) is 3.34. The van der Waals surface area contributed by atoms with Crippen molar-refractivity contribution < 1.29 is 4.39 Å². The van der Waals surface area contributed by atoms with Crippen LogP contribution < -0.4 is 10.2 Å². The Morgan fingerprint density at radius 1 is 1.53 bits per heavy atom. The van der Waals surface area contributed by atoms with Crippen molar-refractivity contribution in [3.8, 4) is 0 Å². The molecule has 19 heavy (non-hydrogen) atoms. The van der Waals surface area contributed by atoms with Crippen LogP contribution in [-0.4, -0.2) is 19.6 Å². The summed E-state index contributed by atoms with van der Waals surface area (Å²) >= 11 is 0. The Hall–Kier alpha value is -1.35. The molecule has 1 unspecified atom stereocenters. The number of rotatable bonds is 5. The van der Waals surface area contributed by atoms with Gasteiger partial charge in [-0.15, -0.1) is 6.58 Å². The fourth-order valence-corrected chi connectivity index (χ4v) is 2.64. The summed E-state index contributed by atoms with van der Waals surface area (Å²) in [6, 6.07) is 5.41. The Labute approximate surface area is 115 Å². The Morgan fingerprint density at radius 3 is 3.11 bits per heavy atom.